The number of nitrogens with zero attached hydrogens (tertiary/aromatic N) is 3. The molecule has 21 heavy (non-hydrogen) atoms. The van der Waals surface area contributed by atoms with Crippen molar-refractivity contribution in [3.63, 3.8) is 0 Å². The van der Waals surface area contributed by atoms with Crippen LogP contribution in [0.5, 0.6) is 0 Å². The second-order valence-electron chi connectivity index (χ2n) is 5.54. The molecule has 0 aliphatic carbocycles. The molecule has 0 radical (unpaired) electrons. The molecule has 0 bridgehead atoms. The molecule has 1 heterocycles. The third kappa shape index (κ3) is 5.28. The number of hydrogen-bond acceptors (Lipinski definition) is 5. The maximum atomic E-state index is 5.97. The molecule has 1 aromatic heterocycles. The summed E-state index contributed by atoms with van der Waals surface area (Å²) in [6.45, 7) is 5.01. The van der Waals surface area contributed by atoms with Crippen molar-refractivity contribution in [2.75, 3.05) is 7.05 Å². The fraction of sp³-hybridized carbons (Fsp3) is 0.429. The summed E-state index contributed by atoms with van der Waals surface area (Å²) < 4.78 is 5.21. The zero-order chi connectivity index (χ0) is 14.8. The number of aromatic nitrogens is 2. The molecule has 0 aliphatic heterocycles. The molecule has 1 aromatic carbocycles. The Labute approximate surface area is 135 Å². The van der Waals surface area contributed by atoms with Crippen LogP contribution in [0.2, 0.25) is 5.02 Å². The molecule has 0 atom stereocenters. The minimum absolute atomic E-state index is 0. The van der Waals surface area contributed by atoms with Gasteiger partial charge in [0, 0.05) is 11.6 Å². The standard InChI is InChI=1S/C14H19ClN4O.ClH/c1-14(2,16)13-17-12(20-18-13)9-19(3)8-10-5-4-6-11(15)7-10;/h4-7H,8-9,16H2,1-3H3;1H. The summed E-state index contributed by atoms with van der Waals surface area (Å²) in [7, 11) is 1.98. The van der Waals surface area contributed by atoms with Gasteiger partial charge in [0.2, 0.25) is 5.89 Å². The highest BCUT2D eigenvalue weighted by Crippen LogP contribution is 2.15. The van der Waals surface area contributed by atoms with Gasteiger partial charge in [0.05, 0.1) is 12.1 Å². The first-order chi connectivity index (χ1) is 9.34. The molecule has 2 N–H and O–H groups in total. The molecule has 0 saturated heterocycles. The molecule has 7 heteroatoms. The number of benzene rings is 1. The summed E-state index contributed by atoms with van der Waals surface area (Å²) >= 11 is 5.97. The van der Waals surface area contributed by atoms with Gasteiger partial charge >= 0.3 is 0 Å². The maximum absolute atomic E-state index is 5.97. The van der Waals surface area contributed by atoms with Gasteiger partial charge in [-0.15, -0.1) is 12.4 Å². The predicted molar refractivity (Wildman–Crippen MR) is 85.4 cm³/mol. The van der Waals surface area contributed by atoms with E-state index in [-0.39, 0.29) is 12.4 Å². The maximum Gasteiger partial charge on any atom is 0.240 e. The van der Waals surface area contributed by atoms with Gasteiger partial charge in [0.1, 0.15) is 0 Å². The van der Waals surface area contributed by atoms with Crippen molar-refractivity contribution in [2.24, 2.45) is 5.73 Å². The topological polar surface area (TPSA) is 68.2 Å². The van der Waals surface area contributed by atoms with Crippen LogP contribution in [0.25, 0.3) is 0 Å². The monoisotopic (exact) mass is 330 g/mol. The fourth-order valence-corrected chi connectivity index (χ4v) is 2.03. The molecule has 116 valence electrons. The Balaban J connectivity index is 0.00000220. The zero-order valence-electron chi connectivity index (χ0n) is 12.3. The van der Waals surface area contributed by atoms with Gasteiger partial charge in [0.25, 0.3) is 0 Å². The SMILES string of the molecule is CN(Cc1cccc(Cl)c1)Cc1nc(C(C)(C)N)no1.Cl. The van der Waals surface area contributed by atoms with Crippen LogP contribution in [-0.2, 0) is 18.6 Å². The van der Waals surface area contributed by atoms with Crippen LogP contribution in [0, 0.1) is 0 Å². The van der Waals surface area contributed by atoms with Gasteiger partial charge in [-0.1, -0.05) is 28.9 Å². The van der Waals surface area contributed by atoms with E-state index in [0.29, 0.717) is 18.3 Å². The molecule has 0 amide bonds. The Hall–Kier alpha value is -1.14. The largest absolute Gasteiger partial charge is 0.338 e. The molecular weight excluding hydrogens is 311 g/mol. The van der Waals surface area contributed by atoms with Gasteiger partial charge < -0.3 is 10.3 Å². The van der Waals surface area contributed by atoms with Crippen molar-refractivity contribution in [1.29, 1.82) is 0 Å². The Bertz CT molecular complexity index is 580. The zero-order valence-corrected chi connectivity index (χ0v) is 13.9. The third-order valence-electron chi connectivity index (χ3n) is 2.79. The van der Waals surface area contributed by atoms with Crippen LogP contribution in [0.3, 0.4) is 0 Å². The molecule has 0 aliphatic rings. The lowest BCUT2D eigenvalue weighted by Gasteiger charge is -2.14. The summed E-state index contributed by atoms with van der Waals surface area (Å²) in [5, 5.41) is 4.64. The molecular formula is C14H20Cl2N4O. The fourth-order valence-electron chi connectivity index (χ4n) is 1.81. The second-order valence-corrected chi connectivity index (χ2v) is 5.97. The predicted octanol–water partition coefficient (Wildman–Crippen LogP) is 2.97. The van der Waals surface area contributed by atoms with Crippen molar-refractivity contribution in [3.05, 3.63) is 46.6 Å². The number of hydrogen-bond donors (Lipinski definition) is 1. The van der Waals surface area contributed by atoms with Crippen molar-refractivity contribution in [3.8, 4) is 0 Å². The lowest BCUT2D eigenvalue weighted by atomic mass is 10.1. The summed E-state index contributed by atoms with van der Waals surface area (Å²) in [4.78, 5) is 6.39. The second kappa shape index (κ2) is 7.22. The highest BCUT2D eigenvalue weighted by molar-refractivity contribution is 6.30. The first-order valence-electron chi connectivity index (χ1n) is 6.39. The van der Waals surface area contributed by atoms with Gasteiger partial charge in [0.15, 0.2) is 5.82 Å². The Kier molecular flexibility index (Phi) is 6.16. The lowest BCUT2D eigenvalue weighted by Crippen LogP contribution is -2.30. The van der Waals surface area contributed by atoms with E-state index in [2.05, 4.69) is 15.0 Å². The number of rotatable bonds is 5. The van der Waals surface area contributed by atoms with E-state index in [1.54, 1.807) is 0 Å². The van der Waals surface area contributed by atoms with E-state index < -0.39 is 5.54 Å². The normalized spacial score (nSPS) is 11.5. The molecule has 0 saturated carbocycles. The van der Waals surface area contributed by atoms with Gasteiger partial charge in [-0.2, -0.15) is 4.98 Å². The third-order valence-corrected chi connectivity index (χ3v) is 3.03. The molecule has 2 rings (SSSR count). The van der Waals surface area contributed by atoms with Crippen LogP contribution in [0.4, 0.5) is 0 Å². The lowest BCUT2D eigenvalue weighted by molar-refractivity contribution is 0.259. The van der Waals surface area contributed by atoms with Crippen LogP contribution in [0.1, 0.15) is 31.1 Å². The highest BCUT2D eigenvalue weighted by atomic mass is 35.5. The van der Waals surface area contributed by atoms with Crippen molar-refractivity contribution in [2.45, 2.75) is 32.5 Å². The van der Waals surface area contributed by atoms with E-state index in [1.165, 1.54) is 0 Å². The summed E-state index contributed by atoms with van der Waals surface area (Å²) in [6.07, 6.45) is 0. The molecule has 0 spiro atoms. The highest BCUT2D eigenvalue weighted by Gasteiger charge is 2.21. The number of halogens is 2. The van der Waals surface area contributed by atoms with Gasteiger partial charge in [-0.05, 0) is 38.6 Å². The molecule has 0 fully saturated rings. The van der Waals surface area contributed by atoms with Crippen molar-refractivity contribution < 1.29 is 4.52 Å². The van der Waals surface area contributed by atoms with Gasteiger partial charge in [-0.25, -0.2) is 0 Å². The first kappa shape index (κ1) is 17.9. The summed E-state index contributed by atoms with van der Waals surface area (Å²) in [5.74, 6) is 1.08. The van der Waals surface area contributed by atoms with E-state index in [4.69, 9.17) is 21.9 Å². The Morgan fingerprint density at radius 2 is 2.05 bits per heavy atom. The first-order valence-corrected chi connectivity index (χ1v) is 6.77. The van der Waals surface area contributed by atoms with Crippen molar-refractivity contribution in [1.82, 2.24) is 15.0 Å². The quantitative estimate of drug-likeness (QED) is 0.912. The Morgan fingerprint density at radius 3 is 2.62 bits per heavy atom. The van der Waals surface area contributed by atoms with Crippen LogP contribution in [-0.4, -0.2) is 22.1 Å². The smallest absolute Gasteiger partial charge is 0.240 e. The van der Waals surface area contributed by atoms with Crippen LogP contribution < -0.4 is 5.73 Å². The summed E-state index contributed by atoms with van der Waals surface area (Å²) in [6, 6.07) is 7.77. The Morgan fingerprint density at radius 1 is 1.33 bits per heavy atom. The van der Waals surface area contributed by atoms with Crippen LogP contribution >= 0.6 is 24.0 Å². The van der Waals surface area contributed by atoms with Crippen LogP contribution in [0.15, 0.2) is 28.8 Å². The van der Waals surface area contributed by atoms with Gasteiger partial charge in [-0.3, -0.25) is 4.90 Å². The minimum atomic E-state index is -0.590. The van der Waals surface area contributed by atoms with E-state index in [1.807, 2.05) is 45.2 Å². The van der Waals surface area contributed by atoms with E-state index in [0.717, 1.165) is 17.1 Å². The molecule has 5 nitrogen and oxygen atoms in total. The van der Waals surface area contributed by atoms with E-state index in [9.17, 15) is 0 Å². The average molecular weight is 331 g/mol. The minimum Gasteiger partial charge on any atom is -0.338 e. The van der Waals surface area contributed by atoms with E-state index >= 15 is 0 Å². The van der Waals surface area contributed by atoms with Crippen molar-refractivity contribution >= 4 is 24.0 Å². The molecule has 0 unspecified atom stereocenters. The average Bonchev–Trinajstić information content (AvgIpc) is 2.76. The number of nitrogens with two attached hydrogens (primary N) is 1. The summed E-state index contributed by atoms with van der Waals surface area (Å²) in [5.41, 5.74) is 6.48. The molecule has 2 aromatic rings.